The smallest absolute Gasteiger partial charge is 0.336 e. The van der Waals surface area contributed by atoms with E-state index < -0.39 is 35.8 Å². The number of imide groups is 1. The quantitative estimate of drug-likeness (QED) is 0.658. The molecule has 31 heavy (non-hydrogen) atoms. The lowest BCUT2D eigenvalue weighted by atomic mass is 9.88. The molecule has 0 unspecified atom stereocenters. The Kier molecular flexibility index (Phi) is 4.52. The number of rotatable bonds is 4. The maximum Gasteiger partial charge on any atom is 0.336 e. The molecule has 0 saturated carbocycles. The number of fused-ring (bicyclic) bond motifs is 1. The predicted octanol–water partition coefficient (Wildman–Crippen LogP) is 3.44. The van der Waals surface area contributed by atoms with Crippen molar-refractivity contribution in [1.82, 2.24) is 0 Å². The van der Waals surface area contributed by atoms with E-state index in [0.29, 0.717) is 16.9 Å². The van der Waals surface area contributed by atoms with Crippen LogP contribution in [0.25, 0.3) is 0 Å². The first kappa shape index (κ1) is 19.0. The Bertz CT molecular complexity index is 1160. The molecule has 3 aromatic rings. The zero-order chi connectivity index (χ0) is 21.5. The van der Waals surface area contributed by atoms with Gasteiger partial charge in [-0.3, -0.25) is 14.4 Å². The van der Waals surface area contributed by atoms with Crippen molar-refractivity contribution in [2.24, 2.45) is 5.92 Å². The monoisotopic (exact) mass is 414 g/mol. The van der Waals surface area contributed by atoms with Crippen molar-refractivity contribution >= 4 is 29.2 Å². The first-order valence-corrected chi connectivity index (χ1v) is 9.84. The van der Waals surface area contributed by atoms with Crippen molar-refractivity contribution < 1.29 is 24.3 Å². The molecule has 2 aliphatic heterocycles. The minimum absolute atomic E-state index is 0.0658. The number of carbonyl (C=O) groups is 3. The van der Waals surface area contributed by atoms with Crippen molar-refractivity contribution in [3.8, 4) is 0 Å². The highest BCUT2D eigenvalue weighted by Crippen LogP contribution is 2.48. The van der Waals surface area contributed by atoms with Gasteiger partial charge in [0.15, 0.2) is 6.10 Å². The second kappa shape index (κ2) is 7.37. The molecular weight excluding hydrogens is 396 g/mol. The summed E-state index contributed by atoms with van der Waals surface area (Å²) < 4.78 is 0. The lowest BCUT2D eigenvalue weighted by Crippen LogP contribution is -2.37. The SMILES string of the molecule is O=C(O)c1ccccc1[C@H]1[C@H]2C(=O)N(c3ccccc3)C(=O)[C@@H]2ON1c1ccccc1. The van der Waals surface area contributed by atoms with Crippen LogP contribution in [0.15, 0.2) is 84.9 Å². The van der Waals surface area contributed by atoms with Crippen LogP contribution >= 0.6 is 0 Å². The number of para-hydroxylation sites is 2. The Hall–Kier alpha value is -3.97. The zero-order valence-corrected chi connectivity index (χ0v) is 16.3. The fraction of sp³-hybridized carbons (Fsp3) is 0.125. The number of amides is 2. The largest absolute Gasteiger partial charge is 0.478 e. The summed E-state index contributed by atoms with van der Waals surface area (Å²) in [6.07, 6.45) is -1.04. The molecule has 154 valence electrons. The average molecular weight is 414 g/mol. The summed E-state index contributed by atoms with van der Waals surface area (Å²) >= 11 is 0. The van der Waals surface area contributed by atoms with Gasteiger partial charge in [0.05, 0.1) is 23.0 Å². The van der Waals surface area contributed by atoms with E-state index in [9.17, 15) is 19.5 Å². The highest BCUT2D eigenvalue weighted by atomic mass is 16.7. The van der Waals surface area contributed by atoms with E-state index in [1.165, 1.54) is 11.1 Å². The molecule has 3 atom stereocenters. The average Bonchev–Trinajstić information content (AvgIpc) is 3.31. The van der Waals surface area contributed by atoms with Crippen molar-refractivity contribution in [2.45, 2.75) is 12.1 Å². The molecule has 0 bridgehead atoms. The molecule has 2 saturated heterocycles. The van der Waals surface area contributed by atoms with Crippen molar-refractivity contribution in [3.05, 3.63) is 96.1 Å². The van der Waals surface area contributed by atoms with Crippen LogP contribution in [0, 0.1) is 5.92 Å². The van der Waals surface area contributed by atoms with Gasteiger partial charge in [-0.05, 0) is 35.9 Å². The topological polar surface area (TPSA) is 87.2 Å². The number of benzene rings is 3. The van der Waals surface area contributed by atoms with E-state index >= 15 is 0 Å². The van der Waals surface area contributed by atoms with Gasteiger partial charge in [-0.2, -0.15) is 0 Å². The van der Waals surface area contributed by atoms with Crippen molar-refractivity contribution in [3.63, 3.8) is 0 Å². The van der Waals surface area contributed by atoms with Crippen molar-refractivity contribution in [1.29, 1.82) is 0 Å². The first-order valence-electron chi connectivity index (χ1n) is 9.84. The third-order valence-corrected chi connectivity index (χ3v) is 5.65. The van der Waals surface area contributed by atoms with Crippen LogP contribution in [0.1, 0.15) is 22.0 Å². The highest BCUT2D eigenvalue weighted by molar-refractivity contribution is 6.24. The van der Waals surface area contributed by atoms with Crippen LogP contribution in [-0.4, -0.2) is 29.0 Å². The highest BCUT2D eigenvalue weighted by Gasteiger charge is 2.60. The van der Waals surface area contributed by atoms with Gasteiger partial charge in [0.2, 0.25) is 5.91 Å². The normalized spacial score (nSPS) is 22.6. The third kappa shape index (κ3) is 2.98. The second-order valence-corrected chi connectivity index (χ2v) is 7.40. The molecule has 5 rings (SSSR count). The van der Waals surface area contributed by atoms with Crippen LogP contribution in [0.4, 0.5) is 11.4 Å². The van der Waals surface area contributed by atoms with Crippen LogP contribution in [0.2, 0.25) is 0 Å². The van der Waals surface area contributed by atoms with E-state index in [1.807, 2.05) is 18.2 Å². The molecule has 0 aliphatic carbocycles. The number of hydrogen-bond acceptors (Lipinski definition) is 5. The Morgan fingerprint density at radius 1 is 0.774 bits per heavy atom. The van der Waals surface area contributed by atoms with Gasteiger partial charge in [-0.25, -0.2) is 14.8 Å². The molecule has 7 heteroatoms. The number of aromatic carboxylic acids is 1. The molecule has 3 aromatic carbocycles. The maximum atomic E-state index is 13.5. The Balaban J connectivity index is 1.64. The Morgan fingerprint density at radius 2 is 1.35 bits per heavy atom. The van der Waals surface area contributed by atoms with Gasteiger partial charge in [0.25, 0.3) is 5.91 Å². The van der Waals surface area contributed by atoms with Crippen molar-refractivity contribution in [2.75, 3.05) is 9.96 Å². The summed E-state index contributed by atoms with van der Waals surface area (Å²) in [5.41, 5.74) is 1.58. The predicted molar refractivity (Wildman–Crippen MR) is 112 cm³/mol. The van der Waals surface area contributed by atoms with E-state index in [2.05, 4.69) is 0 Å². The summed E-state index contributed by atoms with van der Waals surface area (Å²) in [6, 6.07) is 23.5. The number of hydroxylamine groups is 1. The summed E-state index contributed by atoms with van der Waals surface area (Å²) in [4.78, 5) is 45.8. The van der Waals surface area contributed by atoms with Gasteiger partial charge < -0.3 is 5.11 Å². The number of carboxylic acid groups (broad SMARTS) is 1. The number of hydrogen-bond donors (Lipinski definition) is 1. The zero-order valence-electron chi connectivity index (χ0n) is 16.3. The molecule has 2 fully saturated rings. The lowest BCUT2D eigenvalue weighted by molar-refractivity contribution is -0.126. The second-order valence-electron chi connectivity index (χ2n) is 7.40. The van der Waals surface area contributed by atoms with E-state index in [1.54, 1.807) is 60.7 Å². The maximum absolute atomic E-state index is 13.5. The Labute approximate surface area is 178 Å². The molecular formula is C24H18N2O5. The van der Waals surface area contributed by atoms with Gasteiger partial charge in [0.1, 0.15) is 5.92 Å². The fourth-order valence-electron chi connectivity index (χ4n) is 4.31. The fourth-order valence-corrected chi connectivity index (χ4v) is 4.31. The van der Waals surface area contributed by atoms with E-state index in [0.717, 1.165) is 4.90 Å². The molecule has 7 nitrogen and oxygen atoms in total. The number of nitrogens with zero attached hydrogens (tertiary/aromatic N) is 2. The van der Waals surface area contributed by atoms with Crippen LogP contribution in [0.5, 0.6) is 0 Å². The van der Waals surface area contributed by atoms with Crippen LogP contribution in [0.3, 0.4) is 0 Å². The summed E-state index contributed by atoms with van der Waals surface area (Å²) in [5.74, 6) is -2.86. The number of carbonyl (C=O) groups excluding carboxylic acids is 2. The summed E-state index contributed by atoms with van der Waals surface area (Å²) in [7, 11) is 0. The summed E-state index contributed by atoms with van der Waals surface area (Å²) in [5, 5.41) is 11.2. The van der Waals surface area contributed by atoms with Gasteiger partial charge in [-0.1, -0.05) is 54.6 Å². The minimum atomic E-state index is -1.11. The van der Waals surface area contributed by atoms with Crippen LogP contribution in [-0.2, 0) is 14.4 Å². The van der Waals surface area contributed by atoms with E-state index in [-0.39, 0.29) is 5.56 Å². The minimum Gasteiger partial charge on any atom is -0.478 e. The first-order chi connectivity index (χ1) is 15.1. The third-order valence-electron chi connectivity index (χ3n) is 5.65. The molecule has 0 spiro atoms. The Morgan fingerprint density at radius 3 is 2.00 bits per heavy atom. The molecule has 2 aliphatic rings. The van der Waals surface area contributed by atoms with Gasteiger partial charge in [0, 0.05) is 0 Å². The standard InChI is InChI=1S/C24H18N2O5/c27-22-19-20(17-13-7-8-14-18(17)24(29)30)26(16-11-5-2-6-12-16)31-21(19)23(28)25(22)15-9-3-1-4-10-15/h1-14,19-21H,(H,29,30)/t19-,20+,21-/m1/s1. The van der Waals surface area contributed by atoms with E-state index in [4.69, 9.17) is 4.84 Å². The van der Waals surface area contributed by atoms with Gasteiger partial charge >= 0.3 is 5.97 Å². The molecule has 0 aromatic heterocycles. The molecule has 2 amide bonds. The lowest BCUT2D eigenvalue weighted by Gasteiger charge is -2.29. The molecule has 2 heterocycles. The van der Waals surface area contributed by atoms with Crippen LogP contribution < -0.4 is 9.96 Å². The number of carboxylic acids is 1. The summed E-state index contributed by atoms with van der Waals surface area (Å²) in [6.45, 7) is 0. The number of anilines is 2. The molecule has 1 N–H and O–H groups in total. The molecule has 0 radical (unpaired) electrons. The van der Waals surface area contributed by atoms with Gasteiger partial charge in [-0.15, -0.1) is 0 Å².